The number of hydrogen-bond acceptors (Lipinski definition) is 5. The van der Waals surface area contributed by atoms with Crippen molar-refractivity contribution >= 4 is 23.3 Å². The number of anilines is 1. The number of esters is 1. The highest BCUT2D eigenvalue weighted by atomic mass is 16.5. The molecule has 1 amide bonds. The van der Waals surface area contributed by atoms with Gasteiger partial charge in [-0.25, -0.2) is 4.79 Å². The van der Waals surface area contributed by atoms with Crippen molar-refractivity contribution in [3.8, 4) is 0 Å². The number of rotatable bonds is 6. The smallest absolute Gasteiger partial charge is 0.338 e. The van der Waals surface area contributed by atoms with Crippen molar-refractivity contribution in [2.45, 2.75) is 38.6 Å². The summed E-state index contributed by atoms with van der Waals surface area (Å²) in [5.74, 6) is -0.674. The molecule has 2 aromatic rings. The Bertz CT molecular complexity index is 1100. The molecule has 2 aliphatic rings. The molecule has 1 fully saturated rings. The van der Waals surface area contributed by atoms with E-state index < -0.39 is 5.97 Å². The lowest BCUT2D eigenvalue weighted by Gasteiger charge is -2.23. The minimum Gasteiger partial charge on any atom is -0.454 e. The van der Waals surface area contributed by atoms with Gasteiger partial charge in [0.25, 0.3) is 0 Å². The Morgan fingerprint density at radius 1 is 1.12 bits per heavy atom. The van der Waals surface area contributed by atoms with Crippen molar-refractivity contribution in [1.82, 2.24) is 4.90 Å². The average Bonchev–Trinajstić information content (AvgIpc) is 3.26. The van der Waals surface area contributed by atoms with Crippen molar-refractivity contribution < 1.29 is 19.1 Å². The van der Waals surface area contributed by atoms with Gasteiger partial charge in [-0.2, -0.15) is 0 Å². The van der Waals surface area contributed by atoms with Crippen molar-refractivity contribution in [1.29, 1.82) is 0 Å². The lowest BCUT2D eigenvalue weighted by Crippen LogP contribution is -2.25. The number of carbonyl (C=O) groups is 3. The van der Waals surface area contributed by atoms with Gasteiger partial charge < -0.3 is 14.5 Å². The highest BCUT2D eigenvalue weighted by Gasteiger charge is 2.38. The van der Waals surface area contributed by atoms with E-state index in [1.807, 2.05) is 36.2 Å². The Morgan fingerprint density at radius 3 is 2.62 bits per heavy atom. The number of amides is 1. The summed E-state index contributed by atoms with van der Waals surface area (Å²) in [5, 5.41) is 0. The summed E-state index contributed by atoms with van der Waals surface area (Å²) < 4.78 is 5.29. The standard InChI is InChI=1S/C26H28N2O4/c1-26(2)21-10-4-5-11-22(21)27(3)23(26)15-20(29)17-32-25(31)19-9-6-8-18(14-19)16-28-13-7-12-24(28)30/h4-6,8-11,14-15H,7,12-13,16-17H2,1-3H3/b23-15-. The topological polar surface area (TPSA) is 66.9 Å². The number of nitrogens with zero attached hydrogens (tertiary/aromatic N) is 2. The van der Waals surface area contributed by atoms with E-state index in [2.05, 4.69) is 19.9 Å². The van der Waals surface area contributed by atoms with Crippen LogP contribution in [0.15, 0.2) is 60.3 Å². The van der Waals surface area contributed by atoms with Crippen LogP contribution in [0, 0.1) is 0 Å². The van der Waals surface area contributed by atoms with Gasteiger partial charge in [-0.3, -0.25) is 9.59 Å². The van der Waals surface area contributed by atoms with Gasteiger partial charge >= 0.3 is 5.97 Å². The number of ether oxygens (including phenoxy) is 1. The normalized spacial score (nSPS) is 18.2. The summed E-state index contributed by atoms with van der Waals surface area (Å²) >= 11 is 0. The average molecular weight is 433 g/mol. The first-order valence-corrected chi connectivity index (χ1v) is 10.9. The third-order valence-corrected chi connectivity index (χ3v) is 6.29. The van der Waals surface area contributed by atoms with Crippen LogP contribution in [0.3, 0.4) is 0 Å². The SMILES string of the molecule is CN1/C(=C\C(=O)COC(=O)c2cccc(CN3CCCC3=O)c2)C(C)(C)c2ccccc21. The Labute approximate surface area is 188 Å². The van der Waals surface area contributed by atoms with Crippen molar-refractivity contribution in [3.05, 3.63) is 77.0 Å². The maximum absolute atomic E-state index is 12.6. The van der Waals surface area contributed by atoms with Gasteiger partial charge in [-0.15, -0.1) is 0 Å². The molecule has 0 aromatic heterocycles. The number of allylic oxidation sites excluding steroid dienone is 1. The van der Waals surface area contributed by atoms with E-state index in [-0.39, 0.29) is 23.7 Å². The molecule has 0 bridgehead atoms. The summed E-state index contributed by atoms with van der Waals surface area (Å²) in [4.78, 5) is 40.8. The number of hydrogen-bond donors (Lipinski definition) is 0. The molecule has 2 aliphatic heterocycles. The third-order valence-electron chi connectivity index (χ3n) is 6.29. The van der Waals surface area contributed by atoms with Gasteiger partial charge in [0.2, 0.25) is 5.91 Å². The molecule has 0 spiro atoms. The summed E-state index contributed by atoms with van der Waals surface area (Å²) in [5.41, 5.74) is 4.04. The first kappa shape index (κ1) is 21.8. The molecule has 0 atom stereocenters. The fourth-order valence-corrected chi connectivity index (χ4v) is 4.56. The van der Waals surface area contributed by atoms with Gasteiger partial charge in [-0.1, -0.05) is 44.2 Å². The van der Waals surface area contributed by atoms with E-state index in [1.165, 1.54) is 0 Å². The van der Waals surface area contributed by atoms with Gasteiger partial charge in [0.15, 0.2) is 12.4 Å². The first-order valence-electron chi connectivity index (χ1n) is 10.9. The summed E-state index contributed by atoms with van der Waals surface area (Å²) in [6.45, 7) is 5.06. The molecular formula is C26H28N2O4. The van der Waals surface area contributed by atoms with Gasteiger partial charge in [0.05, 0.1) is 5.56 Å². The fourth-order valence-electron chi connectivity index (χ4n) is 4.56. The molecule has 6 nitrogen and oxygen atoms in total. The molecule has 166 valence electrons. The molecule has 2 aromatic carbocycles. The molecule has 4 rings (SSSR count). The Morgan fingerprint density at radius 2 is 1.91 bits per heavy atom. The summed E-state index contributed by atoms with van der Waals surface area (Å²) in [6, 6.07) is 15.1. The van der Waals surface area contributed by atoms with E-state index >= 15 is 0 Å². The van der Waals surface area contributed by atoms with E-state index in [4.69, 9.17) is 4.74 Å². The molecule has 1 saturated heterocycles. The molecule has 0 saturated carbocycles. The summed E-state index contributed by atoms with van der Waals surface area (Å²) in [6.07, 6.45) is 3.02. The first-order chi connectivity index (χ1) is 15.3. The summed E-state index contributed by atoms with van der Waals surface area (Å²) in [7, 11) is 1.94. The second kappa shape index (κ2) is 8.61. The Hall–Kier alpha value is -3.41. The third kappa shape index (κ3) is 4.17. The minimum atomic E-state index is -0.548. The van der Waals surface area contributed by atoms with E-state index in [0.29, 0.717) is 18.5 Å². The van der Waals surface area contributed by atoms with Crippen LogP contribution in [0.5, 0.6) is 0 Å². The Kier molecular flexibility index (Phi) is 5.87. The quantitative estimate of drug-likeness (QED) is 0.512. The zero-order chi connectivity index (χ0) is 22.9. The molecule has 0 radical (unpaired) electrons. The molecule has 32 heavy (non-hydrogen) atoms. The molecule has 2 heterocycles. The van der Waals surface area contributed by atoms with Crippen LogP contribution in [0.2, 0.25) is 0 Å². The number of fused-ring (bicyclic) bond motifs is 1. The van der Waals surface area contributed by atoms with Crippen LogP contribution < -0.4 is 4.90 Å². The number of carbonyl (C=O) groups excluding carboxylic acids is 3. The lowest BCUT2D eigenvalue weighted by atomic mass is 9.83. The molecule has 0 aliphatic carbocycles. The number of benzene rings is 2. The van der Waals surface area contributed by atoms with Gasteiger partial charge in [-0.05, 0) is 35.7 Å². The number of para-hydroxylation sites is 1. The number of likely N-dealkylation sites (N-methyl/N-ethyl adjacent to an activating group) is 1. The predicted octanol–water partition coefficient (Wildman–Crippen LogP) is 3.85. The van der Waals surface area contributed by atoms with Crippen LogP contribution in [0.4, 0.5) is 5.69 Å². The second-order valence-corrected chi connectivity index (χ2v) is 8.89. The van der Waals surface area contributed by atoms with Gasteiger partial charge in [0.1, 0.15) is 0 Å². The van der Waals surface area contributed by atoms with E-state index in [0.717, 1.165) is 35.5 Å². The maximum Gasteiger partial charge on any atom is 0.338 e. The van der Waals surface area contributed by atoms with Crippen molar-refractivity contribution in [2.24, 2.45) is 0 Å². The van der Waals surface area contributed by atoms with Crippen LogP contribution in [0.1, 0.15) is 48.2 Å². The van der Waals surface area contributed by atoms with Crippen molar-refractivity contribution in [3.63, 3.8) is 0 Å². The maximum atomic E-state index is 12.6. The lowest BCUT2D eigenvalue weighted by molar-refractivity contribution is -0.128. The second-order valence-electron chi connectivity index (χ2n) is 8.89. The monoisotopic (exact) mass is 432 g/mol. The molecule has 0 unspecified atom stereocenters. The van der Waals surface area contributed by atoms with Gasteiger partial charge in [0, 0.05) is 49.4 Å². The Balaban J connectivity index is 1.40. The van der Waals surface area contributed by atoms with Crippen LogP contribution in [-0.4, -0.2) is 42.8 Å². The van der Waals surface area contributed by atoms with E-state index in [1.54, 1.807) is 29.2 Å². The van der Waals surface area contributed by atoms with Crippen LogP contribution in [0.25, 0.3) is 0 Å². The van der Waals surface area contributed by atoms with Crippen LogP contribution >= 0.6 is 0 Å². The zero-order valence-corrected chi connectivity index (χ0v) is 18.8. The number of ketones is 1. The highest BCUT2D eigenvalue weighted by molar-refractivity contribution is 5.96. The largest absolute Gasteiger partial charge is 0.454 e. The molecule has 0 N–H and O–H groups in total. The zero-order valence-electron chi connectivity index (χ0n) is 18.8. The van der Waals surface area contributed by atoms with E-state index in [9.17, 15) is 14.4 Å². The fraction of sp³-hybridized carbons (Fsp3) is 0.346. The molecule has 6 heteroatoms. The predicted molar refractivity (Wildman–Crippen MR) is 122 cm³/mol. The molecular weight excluding hydrogens is 404 g/mol. The minimum absolute atomic E-state index is 0.138. The highest BCUT2D eigenvalue weighted by Crippen LogP contribution is 2.46. The number of likely N-dealkylation sites (tertiary alicyclic amines) is 1. The van der Waals surface area contributed by atoms with Crippen molar-refractivity contribution in [2.75, 3.05) is 25.1 Å². The van der Waals surface area contributed by atoms with Crippen LogP contribution in [-0.2, 0) is 26.3 Å².